The summed E-state index contributed by atoms with van der Waals surface area (Å²) >= 11 is 0. The summed E-state index contributed by atoms with van der Waals surface area (Å²) in [6.07, 6.45) is -2.41. The number of nitrogens with two attached hydrogens (primary N) is 1. The molecule has 0 spiro atoms. The third-order valence-electron chi connectivity index (χ3n) is 4.22. The van der Waals surface area contributed by atoms with Crippen molar-refractivity contribution in [1.82, 2.24) is 9.55 Å². The minimum Gasteiger partial charge on any atom is -0.392 e. The first kappa shape index (κ1) is 20.0. The molecule has 148 valence electrons. The van der Waals surface area contributed by atoms with E-state index in [2.05, 4.69) is 4.98 Å². The van der Waals surface area contributed by atoms with E-state index in [1.54, 1.807) is 0 Å². The van der Waals surface area contributed by atoms with E-state index in [1.165, 1.54) is 23.0 Å². The van der Waals surface area contributed by atoms with Gasteiger partial charge in [0.25, 0.3) is 0 Å². The molecule has 9 heteroatoms. The van der Waals surface area contributed by atoms with Crippen LogP contribution in [0.5, 0.6) is 0 Å². The van der Waals surface area contributed by atoms with Crippen LogP contribution in [0.3, 0.4) is 0 Å². The molecular weight excluding hydrogens is 381 g/mol. The number of allylic oxidation sites excluding steroid dienone is 1. The molecule has 0 bridgehead atoms. The van der Waals surface area contributed by atoms with Gasteiger partial charge in [0.05, 0.1) is 36.1 Å². The zero-order chi connectivity index (χ0) is 20.5. The van der Waals surface area contributed by atoms with Crippen LogP contribution in [0.15, 0.2) is 48.6 Å². The zero-order valence-electron chi connectivity index (χ0n) is 14.5. The van der Waals surface area contributed by atoms with Crippen LogP contribution in [-0.4, -0.2) is 21.2 Å². The molecule has 1 heterocycles. The number of aliphatic hydroxyl groups excluding tert-OH is 1. The van der Waals surface area contributed by atoms with Crippen molar-refractivity contribution in [2.24, 2.45) is 5.73 Å². The average molecular weight is 397 g/mol. The number of rotatable bonds is 5. The lowest BCUT2D eigenvalue weighted by Crippen LogP contribution is -2.07. The van der Waals surface area contributed by atoms with Gasteiger partial charge < -0.3 is 15.4 Å². The highest BCUT2D eigenvalue weighted by molar-refractivity contribution is 5.93. The van der Waals surface area contributed by atoms with Crippen molar-refractivity contribution in [3.8, 4) is 11.1 Å². The van der Waals surface area contributed by atoms with Crippen LogP contribution >= 0.6 is 0 Å². The number of fused-ring (bicyclic) bond motifs is 1. The van der Waals surface area contributed by atoms with Gasteiger partial charge in [0.2, 0.25) is 0 Å². The Bertz CT molecular complexity index is 1040. The predicted molar refractivity (Wildman–Crippen MR) is 94.3 cm³/mol. The first-order valence-corrected chi connectivity index (χ1v) is 8.25. The standard InChI is InChI=1S/C19H16F5N3O/c20-13(3-4-25)8-27-10-26-18-15(6-12(7-17(18)27)19(22,23)24)14-5-11(9-28)1-2-16(14)21/h1-3,5-7,10,28H,4,8-9,25H2. The first-order chi connectivity index (χ1) is 13.2. The van der Waals surface area contributed by atoms with Crippen molar-refractivity contribution in [2.45, 2.75) is 19.3 Å². The van der Waals surface area contributed by atoms with Crippen molar-refractivity contribution in [3.63, 3.8) is 0 Å². The second-order valence-electron chi connectivity index (χ2n) is 6.12. The summed E-state index contributed by atoms with van der Waals surface area (Å²) in [6.45, 7) is -0.816. The van der Waals surface area contributed by atoms with E-state index in [4.69, 9.17) is 5.73 Å². The fourth-order valence-corrected chi connectivity index (χ4v) is 2.89. The molecule has 0 amide bonds. The second kappa shape index (κ2) is 7.69. The molecule has 0 aliphatic heterocycles. The Labute approximate surface area is 156 Å². The van der Waals surface area contributed by atoms with Gasteiger partial charge in [0, 0.05) is 17.7 Å². The van der Waals surface area contributed by atoms with E-state index in [9.17, 15) is 27.1 Å². The molecule has 0 saturated heterocycles. The third-order valence-corrected chi connectivity index (χ3v) is 4.22. The van der Waals surface area contributed by atoms with Crippen LogP contribution < -0.4 is 5.73 Å². The van der Waals surface area contributed by atoms with Crippen LogP contribution in [0.25, 0.3) is 22.2 Å². The number of imidazole rings is 1. The van der Waals surface area contributed by atoms with Crippen molar-refractivity contribution in [3.05, 3.63) is 65.5 Å². The van der Waals surface area contributed by atoms with E-state index < -0.39 is 30.0 Å². The molecule has 0 radical (unpaired) electrons. The number of hydrogen-bond donors (Lipinski definition) is 2. The SMILES string of the molecule is NCC=C(F)Cn1cnc2c(-c3cc(CO)ccc3F)cc(C(F)(F)F)cc21. The van der Waals surface area contributed by atoms with Gasteiger partial charge in [-0.2, -0.15) is 13.2 Å². The molecule has 0 atom stereocenters. The Morgan fingerprint density at radius 1 is 1.18 bits per heavy atom. The summed E-state index contributed by atoms with van der Waals surface area (Å²) in [5, 5.41) is 9.27. The average Bonchev–Trinajstić information content (AvgIpc) is 3.04. The molecule has 28 heavy (non-hydrogen) atoms. The largest absolute Gasteiger partial charge is 0.416 e. The fourth-order valence-electron chi connectivity index (χ4n) is 2.89. The highest BCUT2D eigenvalue weighted by atomic mass is 19.4. The number of nitrogens with zero attached hydrogens (tertiary/aromatic N) is 2. The Balaban J connectivity index is 2.28. The van der Waals surface area contributed by atoms with Gasteiger partial charge in [-0.15, -0.1) is 0 Å². The van der Waals surface area contributed by atoms with Crippen molar-refractivity contribution in [1.29, 1.82) is 0 Å². The number of alkyl halides is 3. The normalized spacial score (nSPS) is 12.8. The molecular formula is C19H16F5N3O. The monoisotopic (exact) mass is 397 g/mol. The maximum absolute atomic E-state index is 14.4. The van der Waals surface area contributed by atoms with Crippen LogP contribution in [0, 0.1) is 5.82 Å². The molecule has 4 nitrogen and oxygen atoms in total. The summed E-state index contributed by atoms with van der Waals surface area (Å²) in [5.41, 5.74) is 4.41. The zero-order valence-corrected chi connectivity index (χ0v) is 14.5. The van der Waals surface area contributed by atoms with Gasteiger partial charge >= 0.3 is 6.18 Å². The van der Waals surface area contributed by atoms with E-state index >= 15 is 0 Å². The molecule has 3 rings (SSSR count). The molecule has 0 aliphatic carbocycles. The number of benzene rings is 2. The quantitative estimate of drug-likeness (QED) is 0.636. The van der Waals surface area contributed by atoms with Gasteiger partial charge in [0.15, 0.2) is 0 Å². The van der Waals surface area contributed by atoms with E-state index in [0.29, 0.717) is 5.56 Å². The minimum atomic E-state index is -4.70. The lowest BCUT2D eigenvalue weighted by atomic mass is 9.98. The Kier molecular flexibility index (Phi) is 5.48. The highest BCUT2D eigenvalue weighted by Gasteiger charge is 2.32. The molecule has 0 fully saturated rings. The maximum Gasteiger partial charge on any atom is 0.416 e. The summed E-state index contributed by atoms with van der Waals surface area (Å²) < 4.78 is 69.7. The molecule has 0 saturated carbocycles. The fraction of sp³-hybridized carbons (Fsp3) is 0.211. The van der Waals surface area contributed by atoms with Gasteiger partial charge in [0.1, 0.15) is 11.6 Å². The Hall–Kier alpha value is -2.78. The van der Waals surface area contributed by atoms with Crippen molar-refractivity contribution < 1.29 is 27.1 Å². The summed E-state index contributed by atoms with van der Waals surface area (Å²) in [5.74, 6) is -1.39. The number of halogens is 5. The second-order valence-corrected chi connectivity index (χ2v) is 6.12. The number of aromatic nitrogens is 2. The van der Waals surface area contributed by atoms with Gasteiger partial charge in [-0.1, -0.05) is 6.07 Å². The summed E-state index contributed by atoms with van der Waals surface area (Å²) in [7, 11) is 0. The minimum absolute atomic E-state index is 0.000743. The van der Waals surface area contributed by atoms with Gasteiger partial charge in [-0.25, -0.2) is 13.8 Å². The molecule has 3 aromatic rings. The maximum atomic E-state index is 14.4. The third kappa shape index (κ3) is 3.90. The first-order valence-electron chi connectivity index (χ1n) is 8.25. The Morgan fingerprint density at radius 3 is 2.57 bits per heavy atom. The van der Waals surface area contributed by atoms with E-state index in [1.807, 2.05) is 0 Å². The van der Waals surface area contributed by atoms with E-state index in [-0.39, 0.29) is 35.2 Å². The molecule has 2 aromatic carbocycles. The Morgan fingerprint density at radius 2 is 1.93 bits per heavy atom. The van der Waals surface area contributed by atoms with Crippen molar-refractivity contribution in [2.75, 3.05) is 6.54 Å². The van der Waals surface area contributed by atoms with E-state index in [0.717, 1.165) is 24.3 Å². The van der Waals surface area contributed by atoms with Crippen molar-refractivity contribution >= 4 is 11.0 Å². The topological polar surface area (TPSA) is 64.1 Å². The summed E-state index contributed by atoms with van der Waals surface area (Å²) in [4.78, 5) is 4.07. The summed E-state index contributed by atoms with van der Waals surface area (Å²) in [6, 6.07) is 5.29. The highest BCUT2D eigenvalue weighted by Crippen LogP contribution is 2.38. The van der Waals surface area contributed by atoms with Gasteiger partial charge in [-0.3, -0.25) is 0 Å². The number of aliphatic hydroxyl groups is 1. The van der Waals surface area contributed by atoms with Crippen LogP contribution in [0.4, 0.5) is 22.0 Å². The molecule has 3 N–H and O–H groups in total. The lowest BCUT2D eigenvalue weighted by Gasteiger charge is -2.13. The van der Waals surface area contributed by atoms with Gasteiger partial charge in [-0.05, 0) is 35.9 Å². The molecule has 0 unspecified atom stereocenters. The molecule has 0 aliphatic rings. The predicted octanol–water partition coefficient (Wildman–Crippen LogP) is 4.17. The lowest BCUT2D eigenvalue weighted by molar-refractivity contribution is -0.137. The van der Waals surface area contributed by atoms with Crippen LogP contribution in [0.1, 0.15) is 11.1 Å². The van der Waals surface area contributed by atoms with Crippen LogP contribution in [-0.2, 0) is 19.3 Å². The van der Waals surface area contributed by atoms with Crippen LogP contribution in [0.2, 0.25) is 0 Å². The smallest absolute Gasteiger partial charge is 0.392 e. The molecule has 1 aromatic heterocycles. The number of hydrogen-bond acceptors (Lipinski definition) is 3.